The van der Waals surface area contributed by atoms with Gasteiger partial charge >= 0.3 is 0 Å². The zero-order chi connectivity index (χ0) is 16.9. The Labute approximate surface area is 130 Å². The summed E-state index contributed by atoms with van der Waals surface area (Å²) in [6.45, 7) is 9.01. The van der Waals surface area contributed by atoms with E-state index < -0.39 is 5.72 Å². The van der Waals surface area contributed by atoms with Gasteiger partial charge in [-0.05, 0) is 20.8 Å². The van der Waals surface area contributed by atoms with E-state index in [0.717, 1.165) is 4.90 Å². The van der Waals surface area contributed by atoms with Crippen LogP contribution < -0.4 is 16.3 Å². The molecule has 0 fully saturated rings. The second-order valence-electron chi connectivity index (χ2n) is 5.96. The van der Waals surface area contributed by atoms with Crippen molar-refractivity contribution in [2.75, 3.05) is 6.54 Å². The molecule has 3 amide bonds. The van der Waals surface area contributed by atoms with E-state index in [2.05, 4.69) is 16.3 Å². The van der Waals surface area contributed by atoms with E-state index in [1.165, 1.54) is 12.2 Å². The van der Waals surface area contributed by atoms with Crippen molar-refractivity contribution in [2.45, 2.75) is 46.4 Å². The number of rotatable bonds is 8. The third kappa shape index (κ3) is 5.21. The second kappa shape index (κ2) is 7.48. The second-order valence-corrected chi connectivity index (χ2v) is 5.96. The molecule has 124 valence electrons. The Balaban J connectivity index is 2.34. The molecule has 0 aromatic heterocycles. The number of nitrogens with one attached hydrogen (secondary N) is 3. The van der Waals surface area contributed by atoms with Crippen molar-refractivity contribution in [1.82, 2.24) is 21.2 Å². The van der Waals surface area contributed by atoms with Gasteiger partial charge in [0.05, 0.1) is 6.04 Å². The van der Waals surface area contributed by atoms with Crippen LogP contribution in [0.15, 0.2) is 12.2 Å². The molecule has 8 nitrogen and oxygen atoms in total. The predicted octanol–water partition coefficient (Wildman–Crippen LogP) is -0.166. The van der Waals surface area contributed by atoms with Crippen LogP contribution in [0.25, 0.3) is 0 Å². The van der Waals surface area contributed by atoms with Crippen LogP contribution in [0.3, 0.4) is 0 Å². The molecule has 0 saturated carbocycles. The highest BCUT2D eigenvalue weighted by molar-refractivity contribution is 6.13. The van der Waals surface area contributed by atoms with Crippen LogP contribution in [0.5, 0.6) is 0 Å². The zero-order valence-electron chi connectivity index (χ0n) is 13.6. The van der Waals surface area contributed by atoms with Crippen molar-refractivity contribution in [3.8, 4) is 0 Å². The summed E-state index contributed by atoms with van der Waals surface area (Å²) in [4.78, 5) is 41.1. The number of hydrazine groups is 1. The maximum Gasteiger partial charge on any atom is 0.253 e. The first kappa shape index (κ1) is 18.3. The van der Waals surface area contributed by atoms with Gasteiger partial charge in [0.2, 0.25) is 5.91 Å². The monoisotopic (exact) mass is 312 g/mol. The van der Waals surface area contributed by atoms with Gasteiger partial charge in [-0.1, -0.05) is 13.8 Å². The van der Waals surface area contributed by atoms with E-state index in [0.29, 0.717) is 0 Å². The van der Waals surface area contributed by atoms with Gasteiger partial charge in [0.25, 0.3) is 11.8 Å². The number of carbonyl (C=O) groups excluding carboxylic acids is 3. The average Bonchev–Trinajstić information content (AvgIpc) is 2.75. The molecule has 0 spiro atoms. The summed E-state index contributed by atoms with van der Waals surface area (Å²) in [5.74, 6) is -0.956. The molecule has 1 heterocycles. The molecular weight excluding hydrogens is 288 g/mol. The molecule has 0 aromatic rings. The molecule has 1 atom stereocenters. The molecule has 0 saturated heterocycles. The highest BCUT2D eigenvalue weighted by atomic mass is 16.7. The summed E-state index contributed by atoms with van der Waals surface area (Å²) in [6, 6.07) is -0.351. The van der Waals surface area contributed by atoms with Gasteiger partial charge in [0, 0.05) is 24.6 Å². The molecule has 3 N–H and O–H groups in total. The first-order valence-corrected chi connectivity index (χ1v) is 7.17. The summed E-state index contributed by atoms with van der Waals surface area (Å²) < 4.78 is 0. The number of hydrogen-bond acceptors (Lipinski definition) is 6. The molecule has 1 rings (SSSR count). The maximum atomic E-state index is 11.5. The van der Waals surface area contributed by atoms with Gasteiger partial charge in [-0.25, -0.2) is 5.43 Å². The Morgan fingerprint density at radius 1 is 1.23 bits per heavy atom. The normalized spacial score (nSPS) is 16.5. The lowest BCUT2D eigenvalue weighted by atomic mass is 10.2. The molecule has 1 aliphatic rings. The Morgan fingerprint density at radius 2 is 1.77 bits per heavy atom. The fraction of sp³-hybridized carbons (Fsp3) is 0.643. The summed E-state index contributed by atoms with van der Waals surface area (Å²) in [5, 5.41) is 0. The van der Waals surface area contributed by atoms with Crippen LogP contribution in [-0.4, -0.2) is 40.9 Å². The van der Waals surface area contributed by atoms with Crippen molar-refractivity contribution in [3.05, 3.63) is 12.2 Å². The third-order valence-corrected chi connectivity index (χ3v) is 3.00. The van der Waals surface area contributed by atoms with E-state index >= 15 is 0 Å². The number of carbonyl (C=O) groups is 3. The number of hydroxylamine groups is 1. The van der Waals surface area contributed by atoms with Crippen LogP contribution in [0.2, 0.25) is 0 Å². The Morgan fingerprint density at radius 3 is 2.27 bits per heavy atom. The third-order valence-electron chi connectivity index (χ3n) is 3.00. The molecule has 0 aromatic carbocycles. The summed E-state index contributed by atoms with van der Waals surface area (Å²) in [6.07, 6.45) is 2.49. The molecule has 0 aliphatic carbocycles. The molecule has 1 unspecified atom stereocenters. The van der Waals surface area contributed by atoms with E-state index in [1.807, 2.05) is 0 Å². The summed E-state index contributed by atoms with van der Waals surface area (Å²) in [7, 11) is 0. The van der Waals surface area contributed by atoms with Gasteiger partial charge in [-0.2, -0.15) is 5.48 Å². The number of nitrogens with zero attached hydrogens (tertiary/aromatic N) is 1. The number of amides is 3. The van der Waals surface area contributed by atoms with Crippen LogP contribution >= 0.6 is 0 Å². The van der Waals surface area contributed by atoms with Gasteiger partial charge < -0.3 is 0 Å². The van der Waals surface area contributed by atoms with Gasteiger partial charge in [-0.3, -0.25) is 29.5 Å². The molecule has 0 bridgehead atoms. The Kier molecular flexibility index (Phi) is 6.21. The SMILES string of the molecule is CC(C)C(=O)NNC(C)(C)ONCC(C)N1C(=O)C=CC1=O. The van der Waals surface area contributed by atoms with Crippen molar-refractivity contribution in [3.63, 3.8) is 0 Å². The molecule has 8 heteroatoms. The van der Waals surface area contributed by atoms with Gasteiger partial charge in [0.15, 0.2) is 5.72 Å². The van der Waals surface area contributed by atoms with E-state index in [9.17, 15) is 14.4 Å². The Hall–Kier alpha value is -1.77. The lowest BCUT2D eigenvalue weighted by Gasteiger charge is -2.29. The number of imide groups is 1. The minimum atomic E-state index is -0.860. The molecule has 0 radical (unpaired) electrons. The van der Waals surface area contributed by atoms with Crippen molar-refractivity contribution in [2.24, 2.45) is 5.92 Å². The predicted molar refractivity (Wildman–Crippen MR) is 79.7 cm³/mol. The van der Waals surface area contributed by atoms with Crippen LogP contribution in [0.4, 0.5) is 0 Å². The maximum absolute atomic E-state index is 11.5. The minimum Gasteiger partial charge on any atom is -0.289 e. The van der Waals surface area contributed by atoms with Crippen molar-refractivity contribution in [1.29, 1.82) is 0 Å². The lowest BCUT2D eigenvalue weighted by molar-refractivity contribution is -0.144. The summed E-state index contributed by atoms with van der Waals surface area (Å²) in [5.41, 5.74) is 7.15. The van der Waals surface area contributed by atoms with E-state index in [4.69, 9.17) is 4.84 Å². The minimum absolute atomic E-state index is 0.143. The molecular formula is C14H24N4O4. The fourth-order valence-electron chi connectivity index (χ4n) is 1.66. The van der Waals surface area contributed by atoms with Crippen LogP contribution in [0, 0.1) is 5.92 Å². The average molecular weight is 312 g/mol. The highest BCUT2D eigenvalue weighted by Crippen LogP contribution is 2.09. The molecule has 22 heavy (non-hydrogen) atoms. The topological polar surface area (TPSA) is 99.8 Å². The fourth-order valence-corrected chi connectivity index (χ4v) is 1.66. The molecule has 1 aliphatic heterocycles. The van der Waals surface area contributed by atoms with Gasteiger partial charge in [-0.15, -0.1) is 0 Å². The zero-order valence-corrected chi connectivity index (χ0v) is 13.6. The first-order chi connectivity index (χ1) is 10.1. The van der Waals surface area contributed by atoms with Crippen molar-refractivity contribution >= 4 is 17.7 Å². The van der Waals surface area contributed by atoms with Crippen LogP contribution in [-0.2, 0) is 19.2 Å². The quantitative estimate of drug-likeness (QED) is 0.327. The summed E-state index contributed by atoms with van der Waals surface area (Å²) >= 11 is 0. The van der Waals surface area contributed by atoms with E-state index in [-0.39, 0.29) is 36.2 Å². The highest BCUT2D eigenvalue weighted by Gasteiger charge is 2.28. The largest absolute Gasteiger partial charge is 0.289 e. The van der Waals surface area contributed by atoms with Gasteiger partial charge in [0.1, 0.15) is 0 Å². The smallest absolute Gasteiger partial charge is 0.253 e. The van der Waals surface area contributed by atoms with Crippen molar-refractivity contribution < 1.29 is 19.2 Å². The Bertz CT molecular complexity index is 455. The number of hydrogen-bond donors (Lipinski definition) is 3. The lowest BCUT2D eigenvalue weighted by Crippen LogP contribution is -2.56. The van der Waals surface area contributed by atoms with Crippen LogP contribution in [0.1, 0.15) is 34.6 Å². The first-order valence-electron chi connectivity index (χ1n) is 7.17. The standard InChI is InChI=1S/C14H24N4O4/c1-9(2)13(21)16-17-14(4,5)22-15-8-10(3)18-11(19)6-7-12(18)20/h6-7,9-10,15,17H,8H2,1-5H3,(H,16,21). The van der Waals surface area contributed by atoms with E-state index in [1.54, 1.807) is 34.6 Å².